The number of oxime groups is 1. The van der Waals surface area contributed by atoms with Gasteiger partial charge in [0.05, 0.1) is 4.90 Å². The predicted octanol–water partition coefficient (Wildman–Crippen LogP) is 4.09. The highest BCUT2D eigenvalue weighted by Gasteiger charge is 2.41. The number of hydrogen-bond donors (Lipinski definition) is 6. The van der Waals surface area contributed by atoms with Gasteiger partial charge in [0.1, 0.15) is 5.54 Å². The number of amidine groups is 1. The quantitative estimate of drug-likeness (QED) is 0.0999. The summed E-state index contributed by atoms with van der Waals surface area (Å²) in [6.07, 6.45) is -1.95. The summed E-state index contributed by atoms with van der Waals surface area (Å²) in [6.45, 7) is 0. The molecule has 1 saturated carbocycles. The number of halogens is 3. The number of nitrogens with two attached hydrogens (primary N) is 2. The molecule has 224 valence electrons. The van der Waals surface area contributed by atoms with Gasteiger partial charge in [0.15, 0.2) is 5.84 Å². The minimum atomic E-state index is -5.08. The zero-order valence-electron chi connectivity index (χ0n) is 21.9. The van der Waals surface area contributed by atoms with E-state index in [9.17, 15) is 26.4 Å². The number of hydrogen-bond acceptors (Lipinski definition) is 7. The monoisotopic (exact) mass is 607 g/mol. The van der Waals surface area contributed by atoms with Gasteiger partial charge in [-0.2, -0.15) is 13.2 Å². The molecule has 3 aromatic rings. The normalized spacial score (nSPS) is 14.8. The first kappa shape index (κ1) is 31.9. The number of carboxylic acid groups (broad SMARTS) is 1. The van der Waals surface area contributed by atoms with Crippen molar-refractivity contribution >= 4 is 39.1 Å². The van der Waals surface area contributed by atoms with E-state index < -0.39 is 27.7 Å². The molecule has 0 bridgehead atoms. The summed E-state index contributed by atoms with van der Waals surface area (Å²) in [5, 5.41) is 30.8. The van der Waals surface area contributed by atoms with Crippen LogP contribution in [-0.4, -0.2) is 48.2 Å². The molecular weight excluding hydrogens is 579 g/mol. The third-order valence-corrected chi connectivity index (χ3v) is 7.40. The van der Waals surface area contributed by atoms with Crippen molar-refractivity contribution in [2.75, 3.05) is 10.6 Å². The van der Waals surface area contributed by atoms with Crippen molar-refractivity contribution in [3.63, 3.8) is 0 Å². The summed E-state index contributed by atoms with van der Waals surface area (Å²) in [5.74, 6) is -2.93. The van der Waals surface area contributed by atoms with Crippen molar-refractivity contribution in [2.24, 2.45) is 16.0 Å². The third kappa shape index (κ3) is 7.98. The summed E-state index contributed by atoms with van der Waals surface area (Å²) in [4.78, 5) is 22.3. The van der Waals surface area contributed by atoms with Gasteiger partial charge in [-0.3, -0.25) is 4.79 Å². The second-order valence-electron chi connectivity index (χ2n) is 9.36. The predicted molar refractivity (Wildman–Crippen MR) is 149 cm³/mol. The average Bonchev–Trinajstić information content (AvgIpc) is 3.42. The van der Waals surface area contributed by atoms with Gasteiger partial charge in [0, 0.05) is 22.5 Å². The molecule has 1 fully saturated rings. The highest BCUT2D eigenvalue weighted by molar-refractivity contribution is 7.89. The zero-order chi connectivity index (χ0) is 31.1. The number of anilines is 2. The lowest BCUT2D eigenvalue weighted by Crippen LogP contribution is -2.47. The number of sulfonamides is 1. The fourth-order valence-corrected chi connectivity index (χ4v) is 5.18. The van der Waals surface area contributed by atoms with Gasteiger partial charge in [-0.15, -0.1) is 0 Å². The number of carbonyl (C=O) groups is 2. The Morgan fingerprint density at radius 1 is 0.929 bits per heavy atom. The van der Waals surface area contributed by atoms with Crippen molar-refractivity contribution in [1.82, 2.24) is 0 Å². The average molecular weight is 608 g/mol. The molecule has 3 aromatic carbocycles. The number of aliphatic carboxylic acids is 1. The van der Waals surface area contributed by atoms with Crippen LogP contribution < -0.4 is 21.5 Å². The zero-order valence-corrected chi connectivity index (χ0v) is 22.7. The van der Waals surface area contributed by atoms with Crippen LogP contribution in [0, 0.1) is 0 Å². The Kier molecular flexibility index (Phi) is 9.80. The van der Waals surface area contributed by atoms with Crippen molar-refractivity contribution in [3.8, 4) is 11.1 Å². The summed E-state index contributed by atoms with van der Waals surface area (Å²) >= 11 is 0. The maximum Gasteiger partial charge on any atom is 0.490 e. The Morgan fingerprint density at radius 2 is 1.52 bits per heavy atom. The minimum Gasteiger partial charge on any atom is -0.475 e. The van der Waals surface area contributed by atoms with Crippen LogP contribution in [0.1, 0.15) is 31.2 Å². The first-order valence-electron chi connectivity index (χ1n) is 12.4. The maximum absolute atomic E-state index is 13.4. The van der Waals surface area contributed by atoms with Gasteiger partial charge in [0.2, 0.25) is 15.9 Å². The number of alkyl halides is 3. The topological polar surface area (TPSA) is 197 Å². The molecule has 0 aromatic heterocycles. The van der Waals surface area contributed by atoms with E-state index in [0.717, 1.165) is 12.8 Å². The first-order valence-corrected chi connectivity index (χ1v) is 13.9. The number of benzene rings is 3. The van der Waals surface area contributed by atoms with E-state index in [1.807, 2.05) is 6.07 Å². The number of carbonyl (C=O) groups excluding carboxylic acids is 1. The van der Waals surface area contributed by atoms with Crippen LogP contribution in [0.3, 0.4) is 0 Å². The van der Waals surface area contributed by atoms with E-state index in [2.05, 4.69) is 15.8 Å². The summed E-state index contributed by atoms with van der Waals surface area (Å²) in [7, 11) is -3.88. The maximum atomic E-state index is 13.4. The molecule has 8 N–H and O–H groups in total. The Morgan fingerprint density at radius 3 is 2.07 bits per heavy atom. The Bertz CT molecular complexity index is 1570. The van der Waals surface area contributed by atoms with Crippen LogP contribution in [0.2, 0.25) is 0 Å². The molecule has 1 aliphatic rings. The van der Waals surface area contributed by atoms with Crippen LogP contribution in [0.25, 0.3) is 11.1 Å². The molecule has 42 heavy (non-hydrogen) atoms. The lowest BCUT2D eigenvalue weighted by atomic mass is 9.95. The first-order chi connectivity index (χ1) is 19.7. The van der Waals surface area contributed by atoms with Crippen LogP contribution >= 0.6 is 0 Å². The highest BCUT2D eigenvalue weighted by atomic mass is 32.2. The van der Waals surface area contributed by atoms with Gasteiger partial charge in [-0.05, 0) is 48.7 Å². The molecule has 1 amide bonds. The molecule has 15 heteroatoms. The molecular formula is C27H28F3N5O6S. The van der Waals surface area contributed by atoms with Crippen molar-refractivity contribution < 1.29 is 41.5 Å². The Hall–Kier alpha value is -4.63. The highest BCUT2D eigenvalue weighted by Crippen LogP contribution is 2.35. The number of primary sulfonamides is 1. The standard InChI is InChI=1S/C25H27N5O4S.C2HF3O2/c26-23(30-32)18-6-5-7-20(16-18)29-25(14-3-4-15-25)24(31)28-19-12-10-17(11-13-19)21-8-1-2-9-22(21)35(27,33)34;3-2(4,5)1(6)7/h1-2,5-13,16,29,32H,3-4,14-15H2,(H2,26,30)(H,28,31)(H2,27,33,34);(H,6,7). The second-order valence-corrected chi connectivity index (χ2v) is 10.9. The number of rotatable bonds is 7. The summed E-state index contributed by atoms with van der Waals surface area (Å²) < 4.78 is 55.6. The summed E-state index contributed by atoms with van der Waals surface area (Å²) in [6, 6.07) is 20.5. The van der Waals surface area contributed by atoms with Gasteiger partial charge >= 0.3 is 12.1 Å². The number of nitrogens with one attached hydrogen (secondary N) is 2. The molecule has 0 heterocycles. The smallest absolute Gasteiger partial charge is 0.475 e. The third-order valence-electron chi connectivity index (χ3n) is 6.43. The number of nitrogens with zero attached hydrogens (tertiary/aromatic N) is 1. The van der Waals surface area contributed by atoms with E-state index in [4.69, 9.17) is 26.0 Å². The van der Waals surface area contributed by atoms with Gasteiger partial charge in [0.25, 0.3) is 0 Å². The van der Waals surface area contributed by atoms with Crippen LogP contribution in [0.4, 0.5) is 24.5 Å². The van der Waals surface area contributed by atoms with Crippen LogP contribution in [-0.2, 0) is 19.6 Å². The van der Waals surface area contributed by atoms with Crippen LogP contribution in [0.5, 0.6) is 0 Å². The molecule has 0 aliphatic heterocycles. The molecule has 0 unspecified atom stereocenters. The lowest BCUT2D eigenvalue weighted by Gasteiger charge is -2.30. The molecule has 1 aliphatic carbocycles. The van der Waals surface area contributed by atoms with Crippen molar-refractivity contribution in [3.05, 3.63) is 78.4 Å². The largest absolute Gasteiger partial charge is 0.490 e. The molecule has 0 radical (unpaired) electrons. The van der Waals surface area contributed by atoms with Gasteiger partial charge in [-0.25, -0.2) is 18.4 Å². The lowest BCUT2D eigenvalue weighted by molar-refractivity contribution is -0.192. The fourth-order valence-electron chi connectivity index (χ4n) is 4.41. The van der Waals surface area contributed by atoms with Gasteiger partial charge in [-0.1, -0.05) is 60.5 Å². The van der Waals surface area contributed by atoms with E-state index in [0.29, 0.717) is 40.9 Å². The van der Waals surface area contributed by atoms with E-state index in [1.165, 1.54) is 6.07 Å². The van der Waals surface area contributed by atoms with Crippen LogP contribution in [0.15, 0.2) is 82.8 Å². The molecule has 4 rings (SSSR count). The Balaban J connectivity index is 0.000000616. The van der Waals surface area contributed by atoms with E-state index in [1.54, 1.807) is 60.7 Å². The molecule has 11 nitrogen and oxygen atoms in total. The number of amides is 1. The second kappa shape index (κ2) is 12.9. The summed E-state index contributed by atoms with van der Waals surface area (Å²) in [5.41, 5.74) is 7.89. The van der Waals surface area contributed by atoms with Crippen molar-refractivity contribution in [1.29, 1.82) is 0 Å². The molecule has 0 saturated heterocycles. The molecule has 0 atom stereocenters. The van der Waals surface area contributed by atoms with Crippen molar-refractivity contribution in [2.45, 2.75) is 42.3 Å². The number of carboxylic acids is 1. The van der Waals surface area contributed by atoms with E-state index >= 15 is 0 Å². The van der Waals surface area contributed by atoms with Gasteiger partial charge < -0.3 is 26.7 Å². The van der Waals surface area contributed by atoms with E-state index in [-0.39, 0.29) is 16.6 Å². The minimum absolute atomic E-state index is 0.0114. The SMILES string of the molecule is NC(=NO)c1cccc(NC2(C(=O)Nc3ccc(-c4ccccc4S(N)(=O)=O)cc3)CCCC2)c1.O=C(O)C(F)(F)F. The Labute approximate surface area is 239 Å². The molecule has 0 spiro atoms. The fraction of sp³-hybridized carbons (Fsp3) is 0.222.